The van der Waals surface area contributed by atoms with Crippen molar-refractivity contribution in [2.75, 3.05) is 20.1 Å². The second-order valence-electron chi connectivity index (χ2n) is 5.61. The molecule has 6 nitrogen and oxygen atoms in total. The van der Waals surface area contributed by atoms with Crippen molar-refractivity contribution in [2.45, 2.75) is 32.7 Å². The molecule has 1 heterocycles. The lowest BCUT2D eigenvalue weighted by atomic mass is 9.99. The number of pyridine rings is 1. The van der Waals surface area contributed by atoms with Crippen molar-refractivity contribution >= 4 is 11.9 Å². The highest BCUT2D eigenvalue weighted by atomic mass is 16.4. The van der Waals surface area contributed by atoms with Crippen molar-refractivity contribution in [2.24, 2.45) is 5.92 Å². The molecule has 6 heteroatoms. The third kappa shape index (κ3) is 6.22. The summed E-state index contributed by atoms with van der Waals surface area (Å²) >= 11 is 0. The third-order valence-corrected chi connectivity index (χ3v) is 3.74. The molecule has 2 unspecified atom stereocenters. The van der Waals surface area contributed by atoms with Crippen molar-refractivity contribution in [3.8, 4) is 0 Å². The van der Waals surface area contributed by atoms with E-state index in [1.54, 1.807) is 12.4 Å². The fraction of sp³-hybridized carbons (Fsp3) is 0.562. The second kappa shape index (κ2) is 9.15. The summed E-state index contributed by atoms with van der Waals surface area (Å²) in [5.74, 6) is -1.34. The average Bonchev–Trinajstić information content (AvgIpc) is 2.50. The molecule has 0 aromatic carbocycles. The van der Waals surface area contributed by atoms with Crippen molar-refractivity contribution in [3.05, 3.63) is 30.1 Å². The van der Waals surface area contributed by atoms with Crippen LogP contribution in [0.2, 0.25) is 0 Å². The first-order chi connectivity index (χ1) is 10.4. The first-order valence-corrected chi connectivity index (χ1v) is 7.53. The standard InChI is InChI=1S/C16H25N3O3/c1-4-12(2)15(16(21)22)18-14(20)11-19(3)10-7-13-5-8-17-9-6-13/h5-6,8-9,12,15H,4,7,10-11H2,1-3H3,(H,18,20)(H,21,22). The zero-order valence-electron chi connectivity index (χ0n) is 13.5. The van der Waals surface area contributed by atoms with Crippen LogP contribution in [0.3, 0.4) is 0 Å². The van der Waals surface area contributed by atoms with Crippen LogP contribution >= 0.6 is 0 Å². The van der Waals surface area contributed by atoms with Crippen LogP contribution in [-0.2, 0) is 16.0 Å². The zero-order chi connectivity index (χ0) is 16.5. The van der Waals surface area contributed by atoms with Crippen molar-refractivity contribution in [3.63, 3.8) is 0 Å². The number of likely N-dealkylation sites (N-methyl/N-ethyl adjacent to an activating group) is 1. The van der Waals surface area contributed by atoms with Gasteiger partial charge in [0.25, 0.3) is 0 Å². The summed E-state index contributed by atoms with van der Waals surface area (Å²) in [4.78, 5) is 29.0. The Morgan fingerprint density at radius 1 is 1.36 bits per heavy atom. The van der Waals surface area contributed by atoms with Gasteiger partial charge in [-0.1, -0.05) is 20.3 Å². The van der Waals surface area contributed by atoms with Crippen LogP contribution in [0, 0.1) is 5.92 Å². The lowest BCUT2D eigenvalue weighted by Gasteiger charge is -2.22. The van der Waals surface area contributed by atoms with Gasteiger partial charge in [-0.25, -0.2) is 4.79 Å². The van der Waals surface area contributed by atoms with E-state index in [2.05, 4.69) is 10.3 Å². The number of carboxylic acid groups (broad SMARTS) is 1. The van der Waals surface area contributed by atoms with Gasteiger partial charge in [0, 0.05) is 18.9 Å². The third-order valence-electron chi connectivity index (χ3n) is 3.74. The van der Waals surface area contributed by atoms with Gasteiger partial charge in [0.15, 0.2) is 0 Å². The maximum Gasteiger partial charge on any atom is 0.326 e. The fourth-order valence-electron chi connectivity index (χ4n) is 2.10. The summed E-state index contributed by atoms with van der Waals surface area (Å²) in [7, 11) is 1.85. The summed E-state index contributed by atoms with van der Waals surface area (Å²) in [6.07, 6.45) is 5.01. The van der Waals surface area contributed by atoms with E-state index in [9.17, 15) is 14.7 Å². The molecule has 122 valence electrons. The van der Waals surface area contributed by atoms with E-state index in [-0.39, 0.29) is 18.4 Å². The topological polar surface area (TPSA) is 82.5 Å². The van der Waals surface area contributed by atoms with Gasteiger partial charge in [0.05, 0.1) is 6.54 Å². The minimum Gasteiger partial charge on any atom is -0.480 e. The van der Waals surface area contributed by atoms with Gasteiger partial charge in [0.1, 0.15) is 6.04 Å². The number of carboxylic acids is 1. The molecule has 1 aromatic rings. The van der Waals surface area contributed by atoms with E-state index in [0.29, 0.717) is 6.42 Å². The van der Waals surface area contributed by atoms with Crippen LogP contribution in [0.5, 0.6) is 0 Å². The van der Waals surface area contributed by atoms with E-state index < -0.39 is 12.0 Å². The first-order valence-electron chi connectivity index (χ1n) is 7.53. The molecule has 0 saturated heterocycles. The predicted molar refractivity (Wildman–Crippen MR) is 84.5 cm³/mol. The molecular weight excluding hydrogens is 282 g/mol. The number of amides is 1. The molecule has 22 heavy (non-hydrogen) atoms. The number of hydrogen-bond acceptors (Lipinski definition) is 4. The van der Waals surface area contributed by atoms with Crippen LogP contribution in [0.25, 0.3) is 0 Å². The molecule has 0 aliphatic carbocycles. The second-order valence-corrected chi connectivity index (χ2v) is 5.61. The molecule has 0 fully saturated rings. The van der Waals surface area contributed by atoms with E-state index in [1.807, 2.05) is 37.9 Å². The first kappa shape index (κ1) is 18.1. The number of rotatable bonds is 9. The van der Waals surface area contributed by atoms with Crippen LogP contribution in [-0.4, -0.2) is 53.0 Å². The van der Waals surface area contributed by atoms with Crippen molar-refractivity contribution < 1.29 is 14.7 Å². The Morgan fingerprint density at radius 2 is 2.00 bits per heavy atom. The van der Waals surface area contributed by atoms with Crippen LogP contribution in [0.1, 0.15) is 25.8 Å². The summed E-state index contributed by atoms with van der Waals surface area (Å²) < 4.78 is 0. The highest BCUT2D eigenvalue weighted by Crippen LogP contribution is 2.08. The number of aliphatic carboxylic acids is 1. The molecule has 2 atom stereocenters. The summed E-state index contributed by atoms with van der Waals surface area (Å²) in [6, 6.07) is 3.06. The molecule has 0 saturated carbocycles. The van der Waals surface area contributed by atoms with E-state index >= 15 is 0 Å². The van der Waals surface area contributed by atoms with Gasteiger partial charge >= 0.3 is 5.97 Å². The van der Waals surface area contributed by atoms with Gasteiger partial charge in [-0.2, -0.15) is 0 Å². The quantitative estimate of drug-likeness (QED) is 0.715. The number of nitrogens with one attached hydrogen (secondary N) is 1. The lowest BCUT2D eigenvalue weighted by molar-refractivity contribution is -0.143. The number of aromatic nitrogens is 1. The zero-order valence-corrected chi connectivity index (χ0v) is 13.5. The Balaban J connectivity index is 2.41. The molecule has 0 spiro atoms. The van der Waals surface area contributed by atoms with Gasteiger partial charge in [0.2, 0.25) is 5.91 Å². The Bertz CT molecular complexity index is 479. The van der Waals surface area contributed by atoms with E-state index in [0.717, 1.165) is 18.5 Å². The smallest absolute Gasteiger partial charge is 0.326 e. The Morgan fingerprint density at radius 3 is 2.55 bits per heavy atom. The molecule has 1 amide bonds. The number of carbonyl (C=O) groups is 2. The van der Waals surface area contributed by atoms with Gasteiger partial charge in [-0.15, -0.1) is 0 Å². The molecule has 0 radical (unpaired) electrons. The molecule has 2 N–H and O–H groups in total. The Hall–Kier alpha value is -1.95. The van der Waals surface area contributed by atoms with Gasteiger partial charge in [-0.05, 0) is 37.1 Å². The summed E-state index contributed by atoms with van der Waals surface area (Å²) in [6.45, 7) is 4.64. The largest absolute Gasteiger partial charge is 0.480 e. The number of carbonyl (C=O) groups excluding carboxylic acids is 1. The molecule has 1 aromatic heterocycles. The molecule has 0 aliphatic rings. The van der Waals surface area contributed by atoms with Gasteiger partial charge < -0.3 is 10.4 Å². The number of hydrogen-bond donors (Lipinski definition) is 2. The SMILES string of the molecule is CCC(C)C(NC(=O)CN(C)CCc1ccncc1)C(=O)O. The summed E-state index contributed by atoms with van der Waals surface area (Å²) in [5, 5.41) is 11.8. The molecule has 0 aliphatic heterocycles. The van der Waals surface area contributed by atoms with E-state index in [4.69, 9.17) is 0 Å². The minimum atomic E-state index is -0.984. The number of nitrogens with zero attached hydrogens (tertiary/aromatic N) is 2. The average molecular weight is 307 g/mol. The van der Waals surface area contributed by atoms with Crippen LogP contribution < -0.4 is 5.32 Å². The molecule has 0 bridgehead atoms. The maximum atomic E-state index is 12.0. The van der Waals surface area contributed by atoms with Crippen molar-refractivity contribution in [1.82, 2.24) is 15.2 Å². The maximum absolute atomic E-state index is 12.0. The normalized spacial score (nSPS) is 13.6. The Kier molecular flexibility index (Phi) is 7.52. The highest BCUT2D eigenvalue weighted by Gasteiger charge is 2.25. The Labute approximate surface area is 131 Å². The van der Waals surface area contributed by atoms with E-state index in [1.165, 1.54) is 0 Å². The van der Waals surface area contributed by atoms with Crippen LogP contribution in [0.15, 0.2) is 24.5 Å². The van der Waals surface area contributed by atoms with Crippen molar-refractivity contribution in [1.29, 1.82) is 0 Å². The van der Waals surface area contributed by atoms with Crippen LogP contribution in [0.4, 0.5) is 0 Å². The lowest BCUT2D eigenvalue weighted by Crippen LogP contribution is -2.48. The monoisotopic (exact) mass is 307 g/mol. The minimum absolute atomic E-state index is 0.0939. The fourth-order valence-corrected chi connectivity index (χ4v) is 2.10. The molecule has 1 rings (SSSR count). The molecular formula is C16H25N3O3. The predicted octanol–water partition coefficient (Wildman–Crippen LogP) is 1.17. The highest BCUT2D eigenvalue weighted by molar-refractivity contribution is 5.84. The van der Waals surface area contributed by atoms with Gasteiger partial charge in [-0.3, -0.25) is 14.7 Å². The summed E-state index contributed by atoms with van der Waals surface area (Å²) in [5.41, 5.74) is 1.16.